The van der Waals surface area contributed by atoms with Gasteiger partial charge in [-0.3, -0.25) is 4.90 Å². The van der Waals surface area contributed by atoms with Crippen molar-refractivity contribution in [2.24, 2.45) is 0 Å². The van der Waals surface area contributed by atoms with Crippen molar-refractivity contribution in [1.82, 2.24) is 14.9 Å². The Bertz CT molecular complexity index is 742. The number of ether oxygens (including phenoxy) is 2. The van der Waals surface area contributed by atoms with E-state index >= 15 is 0 Å². The van der Waals surface area contributed by atoms with Crippen LogP contribution in [0.4, 0.5) is 11.8 Å². The Morgan fingerprint density at radius 3 is 2.42 bits per heavy atom. The van der Waals surface area contributed by atoms with E-state index in [2.05, 4.69) is 39.0 Å². The minimum atomic E-state index is 0.495. The summed E-state index contributed by atoms with van der Waals surface area (Å²) >= 11 is 0. The molecule has 0 saturated carbocycles. The third kappa shape index (κ3) is 4.12. The molecule has 2 fully saturated rings. The molecule has 0 bridgehead atoms. The van der Waals surface area contributed by atoms with Crippen molar-refractivity contribution in [3.8, 4) is 11.3 Å². The van der Waals surface area contributed by atoms with E-state index in [0.717, 1.165) is 57.2 Å². The summed E-state index contributed by atoms with van der Waals surface area (Å²) in [6, 6.07) is 10.4. The monoisotopic (exact) mass is 355 g/mol. The fraction of sp³-hybridized carbons (Fsp3) is 0.474. The van der Waals surface area contributed by atoms with Gasteiger partial charge in [0.1, 0.15) is 5.82 Å². The summed E-state index contributed by atoms with van der Waals surface area (Å²) in [6.07, 6.45) is 0. The van der Waals surface area contributed by atoms with Crippen LogP contribution in [0.3, 0.4) is 0 Å². The van der Waals surface area contributed by atoms with E-state index in [1.54, 1.807) is 0 Å². The van der Waals surface area contributed by atoms with E-state index in [9.17, 15) is 0 Å². The molecule has 4 rings (SSSR count). The van der Waals surface area contributed by atoms with Gasteiger partial charge in [0, 0.05) is 44.4 Å². The van der Waals surface area contributed by atoms with Crippen molar-refractivity contribution >= 4 is 11.8 Å². The molecule has 0 spiro atoms. The maximum absolute atomic E-state index is 6.06. The number of nitrogens with two attached hydrogens (primary N) is 1. The number of nitrogen functional groups attached to an aromatic ring is 1. The molecule has 7 nitrogen and oxygen atoms in total. The average Bonchev–Trinajstić information content (AvgIpc) is 2.69. The summed E-state index contributed by atoms with van der Waals surface area (Å²) in [7, 11) is 0. The number of aromatic nitrogens is 2. The molecule has 2 N–H and O–H groups in total. The topological polar surface area (TPSA) is 76.7 Å². The highest BCUT2D eigenvalue weighted by molar-refractivity contribution is 5.64. The molecule has 3 heterocycles. The zero-order chi connectivity index (χ0) is 17.8. The number of benzene rings is 1. The van der Waals surface area contributed by atoms with Gasteiger partial charge < -0.3 is 20.1 Å². The average molecular weight is 355 g/mol. The lowest BCUT2D eigenvalue weighted by Gasteiger charge is -2.27. The Labute approximate surface area is 153 Å². The number of hydrogen-bond acceptors (Lipinski definition) is 7. The molecule has 0 atom stereocenters. The van der Waals surface area contributed by atoms with Crippen molar-refractivity contribution < 1.29 is 9.47 Å². The molecule has 1 aromatic carbocycles. The van der Waals surface area contributed by atoms with Crippen LogP contribution in [0.2, 0.25) is 0 Å². The molecule has 26 heavy (non-hydrogen) atoms. The Kier molecular flexibility index (Phi) is 5.29. The molecule has 2 saturated heterocycles. The molecular formula is C19H25N5O2. The Hall–Kier alpha value is -2.22. The molecule has 2 aliphatic heterocycles. The van der Waals surface area contributed by atoms with Gasteiger partial charge in [-0.1, -0.05) is 18.2 Å². The van der Waals surface area contributed by atoms with Crippen molar-refractivity contribution in [2.45, 2.75) is 6.54 Å². The summed E-state index contributed by atoms with van der Waals surface area (Å²) in [5, 5.41) is 0. The maximum atomic E-state index is 6.06. The van der Waals surface area contributed by atoms with Gasteiger partial charge in [-0.2, -0.15) is 4.98 Å². The summed E-state index contributed by atoms with van der Waals surface area (Å²) < 4.78 is 10.8. The molecule has 7 heteroatoms. The van der Waals surface area contributed by atoms with Crippen LogP contribution in [-0.4, -0.2) is 67.5 Å². The fourth-order valence-electron chi connectivity index (χ4n) is 3.35. The first-order valence-corrected chi connectivity index (χ1v) is 9.14. The van der Waals surface area contributed by atoms with Crippen LogP contribution in [0.5, 0.6) is 0 Å². The number of rotatable bonds is 4. The van der Waals surface area contributed by atoms with Crippen molar-refractivity contribution in [1.29, 1.82) is 0 Å². The molecule has 1 aromatic heterocycles. The zero-order valence-electron chi connectivity index (χ0n) is 14.9. The first-order chi connectivity index (χ1) is 12.8. The lowest BCUT2D eigenvalue weighted by molar-refractivity contribution is 0.0342. The minimum Gasteiger partial charge on any atom is -0.384 e. The molecule has 0 radical (unpaired) electrons. The van der Waals surface area contributed by atoms with E-state index in [1.165, 1.54) is 5.56 Å². The number of morpholine rings is 2. The standard InChI is InChI=1S/C19H25N5O2/c20-18-13-17(21-19(22-18)24-6-10-26-11-7-24)16-3-1-2-15(12-16)14-23-4-8-25-9-5-23/h1-3,12-13H,4-11,14H2,(H2,20,21,22). The summed E-state index contributed by atoms with van der Waals surface area (Å²) in [5.74, 6) is 1.18. The van der Waals surface area contributed by atoms with Crippen LogP contribution < -0.4 is 10.6 Å². The molecule has 0 aliphatic carbocycles. The van der Waals surface area contributed by atoms with Crippen LogP contribution in [0.1, 0.15) is 5.56 Å². The number of anilines is 2. The highest BCUT2D eigenvalue weighted by Crippen LogP contribution is 2.24. The van der Waals surface area contributed by atoms with Gasteiger partial charge in [0.2, 0.25) is 5.95 Å². The normalized spacial score (nSPS) is 18.8. The van der Waals surface area contributed by atoms with Gasteiger partial charge in [-0.25, -0.2) is 4.98 Å². The molecule has 138 valence electrons. The fourth-order valence-corrected chi connectivity index (χ4v) is 3.35. The summed E-state index contributed by atoms with van der Waals surface area (Å²) in [4.78, 5) is 13.7. The first-order valence-electron chi connectivity index (χ1n) is 9.14. The predicted octanol–water partition coefficient (Wildman–Crippen LogP) is 1.39. The van der Waals surface area contributed by atoms with Gasteiger partial charge >= 0.3 is 0 Å². The molecule has 0 amide bonds. The Balaban J connectivity index is 1.56. The second-order valence-corrected chi connectivity index (χ2v) is 6.67. The molecule has 2 aromatic rings. The Morgan fingerprint density at radius 1 is 0.923 bits per heavy atom. The smallest absolute Gasteiger partial charge is 0.228 e. The predicted molar refractivity (Wildman–Crippen MR) is 101 cm³/mol. The van der Waals surface area contributed by atoms with Crippen molar-refractivity contribution in [2.75, 3.05) is 63.2 Å². The quantitative estimate of drug-likeness (QED) is 0.888. The number of hydrogen-bond donors (Lipinski definition) is 1. The van der Waals surface area contributed by atoms with E-state index < -0.39 is 0 Å². The molecule has 2 aliphatic rings. The van der Waals surface area contributed by atoms with Crippen LogP contribution >= 0.6 is 0 Å². The first kappa shape index (κ1) is 17.2. The van der Waals surface area contributed by atoms with Crippen LogP contribution in [0.15, 0.2) is 30.3 Å². The lowest BCUT2D eigenvalue weighted by Crippen LogP contribution is -2.37. The minimum absolute atomic E-state index is 0.495. The van der Waals surface area contributed by atoms with Gasteiger partial charge in [0.15, 0.2) is 0 Å². The molecular weight excluding hydrogens is 330 g/mol. The van der Waals surface area contributed by atoms with Crippen LogP contribution in [-0.2, 0) is 16.0 Å². The van der Waals surface area contributed by atoms with Gasteiger partial charge in [-0.15, -0.1) is 0 Å². The third-order valence-electron chi connectivity index (χ3n) is 4.76. The SMILES string of the molecule is Nc1cc(-c2cccc(CN3CCOCC3)c2)nc(N2CCOCC2)n1. The zero-order valence-corrected chi connectivity index (χ0v) is 14.9. The second kappa shape index (κ2) is 7.99. The highest BCUT2D eigenvalue weighted by atomic mass is 16.5. The van der Waals surface area contributed by atoms with Crippen molar-refractivity contribution in [3.63, 3.8) is 0 Å². The largest absolute Gasteiger partial charge is 0.384 e. The van der Waals surface area contributed by atoms with E-state index in [1.807, 2.05) is 6.07 Å². The highest BCUT2D eigenvalue weighted by Gasteiger charge is 2.16. The van der Waals surface area contributed by atoms with Gasteiger partial charge in [0.05, 0.1) is 32.1 Å². The van der Waals surface area contributed by atoms with Crippen molar-refractivity contribution in [3.05, 3.63) is 35.9 Å². The van der Waals surface area contributed by atoms with E-state index in [-0.39, 0.29) is 0 Å². The van der Waals surface area contributed by atoms with Gasteiger partial charge in [0.25, 0.3) is 0 Å². The Morgan fingerprint density at radius 2 is 1.65 bits per heavy atom. The molecule has 0 unspecified atom stereocenters. The maximum Gasteiger partial charge on any atom is 0.228 e. The van der Waals surface area contributed by atoms with Gasteiger partial charge in [-0.05, 0) is 11.6 Å². The lowest BCUT2D eigenvalue weighted by atomic mass is 10.1. The van der Waals surface area contributed by atoms with Crippen LogP contribution in [0.25, 0.3) is 11.3 Å². The van der Waals surface area contributed by atoms with Crippen LogP contribution in [0, 0.1) is 0 Å². The summed E-state index contributed by atoms with van der Waals surface area (Å²) in [6.45, 7) is 7.48. The van der Waals surface area contributed by atoms with E-state index in [4.69, 9.17) is 20.2 Å². The number of nitrogens with zero attached hydrogens (tertiary/aromatic N) is 4. The third-order valence-corrected chi connectivity index (χ3v) is 4.76. The summed E-state index contributed by atoms with van der Waals surface area (Å²) in [5.41, 5.74) is 9.27. The van der Waals surface area contributed by atoms with E-state index in [0.29, 0.717) is 25.0 Å². The second-order valence-electron chi connectivity index (χ2n) is 6.67.